The van der Waals surface area contributed by atoms with Crippen molar-refractivity contribution >= 4 is 27.8 Å². The quantitative estimate of drug-likeness (QED) is 0.238. The lowest BCUT2D eigenvalue weighted by Crippen LogP contribution is -2.09. The minimum Gasteiger partial charge on any atom is -0.311 e. The first-order valence-electron chi connectivity index (χ1n) is 12.7. The first kappa shape index (κ1) is 23.7. The van der Waals surface area contributed by atoms with Gasteiger partial charge in [-0.1, -0.05) is 84.9 Å². The van der Waals surface area contributed by atoms with Crippen LogP contribution in [0.1, 0.15) is 11.1 Å². The molecule has 39 heavy (non-hydrogen) atoms. The third-order valence-corrected chi connectivity index (χ3v) is 6.89. The molecule has 3 nitrogen and oxygen atoms in total. The molecule has 0 fully saturated rings. The van der Waals surface area contributed by atoms with E-state index in [0.717, 1.165) is 50.1 Å². The highest BCUT2D eigenvalue weighted by molar-refractivity contribution is 6.04. The van der Waals surface area contributed by atoms with E-state index in [4.69, 9.17) is 0 Å². The monoisotopic (exact) mass is 497 g/mol. The number of fused-ring (bicyclic) bond motifs is 1. The van der Waals surface area contributed by atoms with Gasteiger partial charge in [-0.15, -0.1) is 0 Å². The number of benzene rings is 6. The van der Waals surface area contributed by atoms with Gasteiger partial charge in [0.1, 0.15) is 0 Å². The van der Waals surface area contributed by atoms with Crippen LogP contribution < -0.4 is 4.90 Å². The van der Waals surface area contributed by atoms with Crippen LogP contribution in [0.4, 0.5) is 17.1 Å². The lowest BCUT2D eigenvalue weighted by Gasteiger charge is -2.25. The van der Waals surface area contributed by atoms with E-state index in [9.17, 15) is 10.5 Å². The first-order chi connectivity index (χ1) is 19.2. The molecule has 6 aromatic rings. The Kier molecular flexibility index (Phi) is 6.32. The Morgan fingerprint density at radius 2 is 0.872 bits per heavy atom. The molecule has 0 aliphatic heterocycles. The zero-order valence-electron chi connectivity index (χ0n) is 21.1. The van der Waals surface area contributed by atoms with E-state index in [1.54, 1.807) is 6.07 Å². The minimum absolute atomic E-state index is 0.481. The van der Waals surface area contributed by atoms with E-state index in [1.807, 2.05) is 36.4 Å². The van der Waals surface area contributed by atoms with Gasteiger partial charge in [0.05, 0.1) is 23.3 Å². The highest BCUT2D eigenvalue weighted by Crippen LogP contribution is 2.38. The van der Waals surface area contributed by atoms with Crippen LogP contribution >= 0.6 is 0 Å². The van der Waals surface area contributed by atoms with Crippen molar-refractivity contribution in [2.75, 3.05) is 4.90 Å². The molecule has 0 spiro atoms. The summed E-state index contributed by atoms with van der Waals surface area (Å²) >= 11 is 0. The van der Waals surface area contributed by atoms with Crippen molar-refractivity contribution in [2.45, 2.75) is 0 Å². The van der Waals surface area contributed by atoms with Gasteiger partial charge < -0.3 is 4.90 Å². The molecule has 0 aliphatic rings. The molecule has 0 radical (unpaired) electrons. The van der Waals surface area contributed by atoms with E-state index in [2.05, 4.69) is 114 Å². The van der Waals surface area contributed by atoms with Gasteiger partial charge in [0.15, 0.2) is 0 Å². The first-order valence-corrected chi connectivity index (χ1v) is 12.7. The van der Waals surface area contributed by atoms with E-state index in [1.165, 1.54) is 0 Å². The molecule has 6 rings (SSSR count). The number of para-hydroxylation sites is 2. The van der Waals surface area contributed by atoms with Gasteiger partial charge in [0.25, 0.3) is 0 Å². The van der Waals surface area contributed by atoms with Crippen LogP contribution in [0, 0.1) is 22.7 Å². The molecule has 6 aromatic carbocycles. The second-order valence-corrected chi connectivity index (χ2v) is 9.28. The molecule has 0 unspecified atom stereocenters. The van der Waals surface area contributed by atoms with Gasteiger partial charge in [0, 0.05) is 17.1 Å². The maximum atomic E-state index is 9.48. The van der Waals surface area contributed by atoms with Crippen LogP contribution in [0.15, 0.2) is 140 Å². The number of rotatable bonds is 5. The van der Waals surface area contributed by atoms with Crippen LogP contribution in [0.3, 0.4) is 0 Å². The van der Waals surface area contributed by atoms with Crippen molar-refractivity contribution in [3.8, 4) is 34.4 Å². The Bertz CT molecular complexity index is 1790. The molecular formula is C36H23N3. The summed E-state index contributed by atoms with van der Waals surface area (Å²) in [4.78, 5) is 2.25. The molecule has 3 heteroatoms. The molecule has 0 saturated carbocycles. The second-order valence-electron chi connectivity index (χ2n) is 9.28. The fraction of sp³-hybridized carbons (Fsp3) is 0. The summed E-state index contributed by atoms with van der Waals surface area (Å²) in [5, 5.41) is 21.2. The molecule has 0 bridgehead atoms. The molecule has 0 amide bonds. The number of hydrogen-bond acceptors (Lipinski definition) is 3. The van der Waals surface area contributed by atoms with Crippen molar-refractivity contribution in [1.29, 1.82) is 10.5 Å². The van der Waals surface area contributed by atoms with Crippen LogP contribution in [-0.2, 0) is 0 Å². The normalized spacial score (nSPS) is 10.5. The SMILES string of the molecule is N#Cc1cc(C#N)cc(-c2cccc3c(-c4ccc(N(c5ccccc5)c5ccccc5)cc4)cccc23)c1. The van der Waals surface area contributed by atoms with E-state index in [0.29, 0.717) is 11.1 Å². The molecule has 0 aromatic heterocycles. The smallest absolute Gasteiger partial charge is 0.0992 e. The fourth-order valence-electron chi connectivity index (χ4n) is 5.12. The van der Waals surface area contributed by atoms with E-state index >= 15 is 0 Å². The van der Waals surface area contributed by atoms with E-state index < -0.39 is 0 Å². The number of nitrogens with zero attached hydrogens (tertiary/aromatic N) is 3. The molecule has 0 N–H and O–H groups in total. The molecule has 182 valence electrons. The Balaban J connectivity index is 1.44. The van der Waals surface area contributed by atoms with Crippen LogP contribution in [0.5, 0.6) is 0 Å². The van der Waals surface area contributed by atoms with Crippen molar-refractivity contribution in [2.24, 2.45) is 0 Å². The maximum absolute atomic E-state index is 9.48. The summed E-state index contributed by atoms with van der Waals surface area (Å²) in [5.74, 6) is 0. The highest BCUT2D eigenvalue weighted by atomic mass is 15.1. The summed E-state index contributed by atoms with van der Waals surface area (Å²) in [5.41, 5.74) is 8.35. The number of nitriles is 2. The predicted molar refractivity (Wildman–Crippen MR) is 159 cm³/mol. The summed E-state index contributed by atoms with van der Waals surface area (Å²) in [6, 6.07) is 51.6. The largest absolute Gasteiger partial charge is 0.311 e. The summed E-state index contributed by atoms with van der Waals surface area (Å²) < 4.78 is 0. The third-order valence-electron chi connectivity index (χ3n) is 6.89. The molecule has 0 heterocycles. The van der Waals surface area contributed by atoms with Gasteiger partial charge in [-0.25, -0.2) is 0 Å². The predicted octanol–water partition coefficient (Wildman–Crippen LogP) is 9.39. The highest BCUT2D eigenvalue weighted by Gasteiger charge is 2.14. The Hall–Kier alpha value is -5.64. The molecular weight excluding hydrogens is 474 g/mol. The van der Waals surface area contributed by atoms with Crippen molar-refractivity contribution in [1.82, 2.24) is 0 Å². The Labute approximate surface area is 228 Å². The zero-order valence-corrected chi connectivity index (χ0v) is 21.1. The zero-order chi connectivity index (χ0) is 26.6. The van der Waals surface area contributed by atoms with Gasteiger partial charge >= 0.3 is 0 Å². The van der Waals surface area contributed by atoms with Crippen LogP contribution in [0.25, 0.3) is 33.0 Å². The number of hydrogen-bond donors (Lipinski definition) is 0. The topological polar surface area (TPSA) is 50.8 Å². The van der Waals surface area contributed by atoms with Gasteiger partial charge in [-0.3, -0.25) is 0 Å². The Morgan fingerprint density at radius 3 is 1.36 bits per heavy atom. The maximum Gasteiger partial charge on any atom is 0.0992 e. The average molecular weight is 498 g/mol. The van der Waals surface area contributed by atoms with Crippen LogP contribution in [-0.4, -0.2) is 0 Å². The van der Waals surface area contributed by atoms with Gasteiger partial charge in [0.2, 0.25) is 0 Å². The number of anilines is 3. The molecule has 0 atom stereocenters. The van der Waals surface area contributed by atoms with Gasteiger partial charge in [-0.05, 0) is 87.6 Å². The summed E-state index contributed by atoms with van der Waals surface area (Å²) in [6.07, 6.45) is 0. The summed E-state index contributed by atoms with van der Waals surface area (Å²) in [6.45, 7) is 0. The third kappa shape index (κ3) is 4.62. The van der Waals surface area contributed by atoms with Gasteiger partial charge in [-0.2, -0.15) is 10.5 Å². The Morgan fingerprint density at radius 1 is 0.410 bits per heavy atom. The fourth-order valence-corrected chi connectivity index (χ4v) is 5.12. The second kappa shape index (κ2) is 10.4. The standard InChI is InChI=1S/C36H23N3/c37-24-26-21-27(25-38)23-29(22-26)34-14-8-15-35-33(13-7-16-36(34)35)28-17-19-32(20-18-28)39(30-9-3-1-4-10-30)31-11-5-2-6-12-31/h1-23H. The van der Waals surface area contributed by atoms with Crippen LogP contribution in [0.2, 0.25) is 0 Å². The van der Waals surface area contributed by atoms with Crippen molar-refractivity contribution in [3.05, 3.63) is 151 Å². The molecule has 0 aliphatic carbocycles. The lowest BCUT2D eigenvalue weighted by atomic mass is 9.91. The summed E-state index contributed by atoms with van der Waals surface area (Å²) in [7, 11) is 0. The molecule has 0 saturated heterocycles. The van der Waals surface area contributed by atoms with Crippen molar-refractivity contribution in [3.63, 3.8) is 0 Å². The average Bonchev–Trinajstić information content (AvgIpc) is 3.02. The lowest BCUT2D eigenvalue weighted by molar-refractivity contribution is 1.28. The van der Waals surface area contributed by atoms with E-state index in [-0.39, 0.29) is 0 Å². The van der Waals surface area contributed by atoms with Crippen molar-refractivity contribution < 1.29 is 0 Å². The minimum atomic E-state index is 0.481.